The monoisotopic (exact) mass is 280 g/mol. The van der Waals surface area contributed by atoms with Crippen molar-refractivity contribution in [3.63, 3.8) is 0 Å². The van der Waals surface area contributed by atoms with Gasteiger partial charge in [-0.25, -0.2) is 4.98 Å². The topological polar surface area (TPSA) is 16.1 Å². The van der Waals surface area contributed by atoms with Crippen molar-refractivity contribution in [2.75, 3.05) is 13.6 Å². The van der Waals surface area contributed by atoms with E-state index in [1.807, 2.05) is 5.38 Å². The molecule has 0 radical (unpaired) electrons. The molecule has 0 amide bonds. The van der Waals surface area contributed by atoms with E-state index >= 15 is 0 Å². The summed E-state index contributed by atoms with van der Waals surface area (Å²) in [6.45, 7) is 4.15. The molecule has 0 saturated heterocycles. The van der Waals surface area contributed by atoms with Crippen LogP contribution in [0.1, 0.15) is 18.2 Å². The number of rotatable bonds is 5. The van der Waals surface area contributed by atoms with Gasteiger partial charge in [-0.1, -0.05) is 31.2 Å². The Morgan fingerprint density at radius 2 is 2.11 bits per heavy atom. The zero-order chi connectivity index (χ0) is 13.0. The zero-order valence-corrected chi connectivity index (χ0v) is 12.3. The van der Waals surface area contributed by atoms with Crippen LogP contribution in [0.25, 0.3) is 10.6 Å². The van der Waals surface area contributed by atoms with Gasteiger partial charge in [0.05, 0.1) is 11.6 Å². The van der Waals surface area contributed by atoms with Crippen LogP contribution in [-0.2, 0) is 12.4 Å². The van der Waals surface area contributed by atoms with E-state index in [1.165, 1.54) is 11.1 Å². The van der Waals surface area contributed by atoms with Crippen LogP contribution in [0.3, 0.4) is 0 Å². The van der Waals surface area contributed by atoms with Crippen molar-refractivity contribution >= 4 is 22.9 Å². The second-order valence-corrected chi connectivity index (χ2v) is 5.39. The van der Waals surface area contributed by atoms with Crippen LogP contribution in [0.5, 0.6) is 0 Å². The maximum absolute atomic E-state index is 5.81. The number of hydrogen-bond acceptors (Lipinski definition) is 3. The molecule has 0 N–H and O–H groups in total. The van der Waals surface area contributed by atoms with Gasteiger partial charge in [0.15, 0.2) is 0 Å². The molecule has 0 bridgehead atoms. The number of hydrogen-bond donors (Lipinski definition) is 0. The molecule has 4 heteroatoms. The largest absolute Gasteiger partial charge is 0.302 e. The summed E-state index contributed by atoms with van der Waals surface area (Å²) in [6.07, 6.45) is 0. The second-order valence-electron chi connectivity index (χ2n) is 4.27. The van der Waals surface area contributed by atoms with Gasteiger partial charge >= 0.3 is 0 Å². The lowest BCUT2D eigenvalue weighted by Gasteiger charge is -2.15. The third-order valence-corrected chi connectivity index (χ3v) is 4.11. The van der Waals surface area contributed by atoms with Crippen molar-refractivity contribution in [2.45, 2.75) is 19.3 Å². The van der Waals surface area contributed by atoms with Crippen molar-refractivity contribution in [1.29, 1.82) is 0 Å². The molecule has 0 saturated carbocycles. The van der Waals surface area contributed by atoms with Gasteiger partial charge in [0, 0.05) is 17.5 Å². The molecular formula is C14H17ClN2S. The van der Waals surface area contributed by atoms with Gasteiger partial charge < -0.3 is 4.90 Å². The van der Waals surface area contributed by atoms with E-state index in [4.69, 9.17) is 11.6 Å². The van der Waals surface area contributed by atoms with Crippen molar-refractivity contribution in [3.05, 3.63) is 40.9 Å². The Kier molecular flexibility index (Phi) is 4.75. The van der Waals surface area contributed by atoms with Gasteiger partial charge in [-0.2, -0.15) is 0 Å². The summed E-state index contributed by atoms with van der Waals surface area (Å²) in [5, 5.41) is 3.09. The maximum Gasteiger partial charge on any atom is 0.123 e. The van der Waals surface area contributed by atoms with Crippen LogP contribution in [0.2, 0.25) is 0 Å². The summed E-state index contributed by atoms with van der Waals surface area (Å²) in [5.41, 5.74) is 3.49. The van der Waals surface area contributed by atoms with Crippen LogP contribution in [0.4, 0.5) is 0 Å². The highest BCUT2D eigenvalue weighted by atomic mass is 35.5. The molecule has 1 aromatic carbocycles. The molecule has 2 nitrogen and oxygen atoms in total. The van der Waals surface area contributed by atoms with Crippen LogP contribution in [0, 0.1) is 0 Å². The molecule has 0 unspecified atom stereocenters. The predicted octanol–water partition coefficient (Wildman–Crippen LogP) is 4.00. The normalized spacial score (nSPS) is 11.1. The summed E-state index contributed by atoms with van der Waals surface area (Å²) < 4.78 is 0. The highest BCUT2D eigenvalue weighted by molar-refractivity contribution is 7.13. The highest BCUT2D eigenvalue weighted by Crippen LogP contribution is 2.28. The van der Waals surface area contributed by atoms with E-state index in [0.717, 1.165) is 23.8 Å². The molecule has 96 valence electrons. The number of aromatic nitrogens is 1. The third kappa shape index (κ3) is 3.10. The minimum atomic E-state index is 0.480. The highest BCUT2D eigenvalue weighted by Gasteiger charge is 2.10. The van der Waals surface area contributed by atoms with Gasteiger partial charge in [-0.15, -0.1) is 22.9 Å². The Bertz CT molecular complexity index is 510. The van der Waals surface area contributed by atoms with E-state index in [1.54, 1.807) is 11.3 Å². The van der Waals surface area contributed by atoms with E-state index in [0.29, 0.717) is 5.88 Å². The Labute approximate surface area is 117 Å². The average molecular weight is 281 g/mol. The number of benzene rings is 1. The van der Waals surface area contributed by atoms with E-state index < -0.39 is 0 Å². The van der Waals surface area contributed by atoms with Crippen molar-refractivity contribution in [2.24, 2.45) is 0 Å². The van der Waals surface area contributed by atoms with Crippen LogP contribution in [0.15, 0.2) is 29.6 Å². The first-order valence-electron chi connectivity index (χ1n) is 6.01. The van der Waals surface area contributed by atoms with Gasteiger partial charge in [-0.3, -0.25) is 0 Å². The molecule has 18 heavy (non-hydrogen) atoms. The molecular weight excluding hydrogens is 264 g/mol. The Hall–Kier alpha value is -0.900. The van der Waals surface area contributed by atoms with Crippen molar-refractivity contribution in [1.82, 2.24) is 9.88 Å². The maximum atomic E-state index is 5.81. The molecule has 1 heterocycles. The summed E-state index contributed by atoms with van der Waals surface area (Å²) in [6, 6.07) is 8.45. The number of thiazole rings is 1. The number of nitrogens with zero attached hydrogens (tertiary/aromatic N) is 2. The van der Waals surface area contributed by atoms with E-state index in [9.17, 15) is 0 Å². The summed E-state index contributed by atoms with van der Waals surface area (Å²) in [4.78, 5) is 6.85. The summed E-state index contributed by atoms with van der Waals surface area (Å²) in [7, 11) is 2.13. The lowest BCUT2D eigenvalue weighted by Crippen LogP contribution is -2.17. The van der Waals surface area contributed by atoms with Crippen LogP contribution >= 0.6 is 22.9 Å². The first-order chi connectivity index (χ1) is 8.74. The van der Waals surface area contributed by atoms with Gasteiger partial charge in [-0.05, 0) is 19.2 Å². The van der Waals surface area contributed by atoms with Gasteiger partial charge in [0.1, 0.15) is 5.01 Å². The van der Waals surface area contributed by atoms with Crippen molar-refractivity contribution < 1.29 is 0 Å². The number of halogens is 1. The minimum Gasteiger partial charge on any atom is -0.302 e. The Morgan fingerprint density at radius 1 is 1.33 bits per heavy atom. The van der Waals surface area contributed by atoms with Crippen LogP contribution in [-0.4, -0.2) is 23.5 Å². The summed E-state index contributed by atoms with van der Waals surface area (Å²) in [5.74, 6) is 0.480. The molecule has 2 aromatic rings. The van der Waals surface area contributed by atoms with Gasteiger partial charge in [0.25, 0.3) is 0 Å². The van der Waals surface area contributed by atoms with E-state index in [2.05, 4.69) is 48.1 Å². The minimum absolute atomic E-state index is 0.480. The average Bonchev–Trinajstić information content (AvgIpc) is 2.88. The molecule has 0 spiro atoms. The SMILES string of the molecule is CCN(C)Cc1ccccc1-c1nc(CCl)cs1. The number of alkyl halides is 1. The zero-order valence-electron chi connectivity index (χ0n) is 10.7. The van der Waals surface area contributed by atoms with E-state index in [-0.39, 0.29) is 0 Å². The quantitative estimate of drug-likeness (QED) is 0.770. The first kappa shape index (κ1) is 13.5. The molecule has 0 aliphatic carbocycles. The standard InChI is InChI=1S/C14H17ClN2S/c1-3-17(2)9-11-6-4-5-7-13(11)14-16-12(8-15)10-18-14/h4-7,10H,3,8-9H2,1-2H3. The van der Waals surface area contributed by atoms with Crippen LogP contribution < -0.4 is 0 Å². The second kappa shape index (κ2) is 6.32. The summed E-state index contributed by atoms with van der Waals surface area (Å²) >= 11 is 7.47. The van der Waals surface area contributed by atoms with Crippen molar-refractivity contribution in [3.8, 4) is 10.6 Å². The lowest BCUT2D eigenvalue weighted by atomic mass is 10.1. The Morgan fingerprint density at radius 3 is 2.78 bits per heavy atom. The molecule has 2 rings (SSSR count). The molecule has 1 aromatic heterocycles. The third-order valence-electron chi connectivity index (χ3n) is 2.92. The Balaban J connectivity index is 2.32. The molecule has 0 fully saturated rings. The predicted molar refractivity (Wildman–Crippen MR) is 79.1 cm³/mol. The fourth-order valence-corrected chi connectivity index (χ4v) is 2.87. The lowest BCUT2D eigenvalue weighted by molar-refractivity contribution is 0.346. The smallest absolute Gasteiger partial charge is 0.123 e. The molecule has 0 aliphatic rings. The molecule has 0 atom stereocenters. The fourth-order valence-electron chi connectivity index (χ4n) is 1.76. The first-order valence-corrected chi connectivity index (χ1v) is 7.43. The fraction of sp³-hybridized carbons (Fsp3) is 0.357. The van der Waals surface area contributed by atoms with Gasteiger partial charge in [0.2, 0.25) is 0 Å². The molecule has 0 aliphatic heterocycles.